The lowest BCUT2D eigenvalue weighted by Gasteiger charge is -2.32. The van der Waals surface area contributed by atoms with Gasteiger partial charge in [-0.3, -0.25) is 4.79 Å². The molecule has 0 bridgehead atoms. The maximum absolute atomic E-state index is 11.7. The topological polar surface area (TPSA) is 44.4 Å². The molecule has 0 atom stereocenters. The molecule has 0 saturated carbocycles. The van der Waals surface area contributed by atoms with Crippen LogP contribution in [0.25, 0.3) is 0 Å². The number of carbonyl (C=O) groups excluding carboxylic acids is 1. The summed E-state index contributed by atoms with van der Waals surface area (Å²) >= 11 is 0. The van der Waals surface area contributed by atoms with Gasteiger partial charge >= 0.3 is 0 Å². The molecule has 1 aromatic rings. The maximum Gasteiger partial charge on any atom is 0.251 e. The van der Waals surface area contributed by atoms with Gasteiger partial charge in [0.25, 0.3) is 5.91 Å². The zero-order chi connectivity index (χ0) is 15.1. The SMILES string of the molecule is CCCN1CCC(Nc2ccc(C(=O)NCC)cc2)CC1. The number of anilines is 1. The zero-order valence-corrected chi connectivity index (χ0v) is 13.2. The summed E-state index contributed by atoms with van der Waals surface area (Å²) in [6, 6.07) is 8.33. The van der Waals surface area contributed by atoms with Crippen molar-refractivity contribution in [2.24, 2.45) is 0 Å². The van der Waals surface area contributed by atoms with E-state index in [4.69, 9.17) is 0 Å². The fourth-order valence-electron chi connectivity index (χ4n) is 2.83. The Hall–Kier alpha value is -1.55. The van der Waals surface area contributed by atoms with Crippen molar-refractivity contribution in [2.45, 2.75) is 39.2 Å². The Morgan fingerprint density at radius 1 is 1.19 bits per heavy atom. The molecule has 0 spiro atoms. The molecule has 0 aromatic heterocycles. The first-order chi connectivity index (χ1) is 10.2. The summed E-state index contributed by atoms with van der Waals surface area (Å²) in [6.45, 7) is 8.41. The van der Waals surface area contributed by atoms with Crippen LogP contribution in [0.2, 0.25) is 0 Å². The zero-order valence-electron chi connectivity index (χ0n) is 13.2. The third kappa shape index (κ3) is 4.74. The van der Waals surface area contributed by atoms with E-state index in [2.05, 4.69) is 22.5 Å². The minimum Gasteiger partial charge on any atom is -0.382 e. The molecule has 1 saturated heterocycles. The number of carbonyl (C=O) groups is 1. The summed E-state index contributed by atoms with van der Waals surface area (Å²) in [5, 5.41) is 6.40. The highest BCUT2D eigenvalue weighted by Crippen LogP contribution is 2.17. The van der Waals surface area contributed by atoms with Crippen LogP contribution in [-0.2, 0) is 0 Å². The van der Waals surface area contributed by atoms with E-state index in [1.54, 1.807) is 0 Å². The highest BCUT2D eigenvalue weighted by Gasteiger charge is 2.18. The van der Waals surface area contributed by atoms with E-state index in [1.165, 1.54) is 38.9 Å². The van der Waals surface area contributed by atoms with Crippen LogP contribution in [0, 0.1) is 0 Å². The van der Waals surface area contributed by atoms with Gasteiger partial charge in [-0.2, -0.15) is 0 Å². The molecule has 1 fully saturated rings. The number of piperidine rings is 1. The minimum absolute atomic E-state index is 0.00285. The highest BCUT2D eigenvalue weighted by molar-refractivity contribution is 5.94. The molecule has 116 valence electrons. The fourth-order valence-corrected chi connectivity index (χ4v) is 2.83. The number of benzene rings is 1. The van der Waals surface area contributed by atoms with Gasteiger partial charge in [0.05, 0.1) is 0 Å². The van der Waals surface area contributed by atoms with Gasteiger partial charge < -0.3 is 15.5 Å². The average Bonchev–Trinajstić information content (AvgIpc) is 2.50. The van der Waals surface area contributed by atoms with Crippen LogP contribution in [0.4, 0.5) is 5.69 Å². The lowest BCUT2D eigenvalue weighted by molar-refractivity contribution is 0.0956. The normalized spacial score (nSPS) is 16.7. The summed E-state index contributed by atoms with van der Waals surface area (Å²) in [6.07, 6.45) is 3.62. The monoisotopic (exact) mass is 289 g/mol. The molecule has 21 heavy (non-hydrogen) atoms. The molecule has 2 rings (SSSR count). The molecule has 1 heterocycles. The summed E-state index contributed by atoms with van der Waals surface area (Å²) in [5.74, 6) is -0.00285. The molecule has 0 radical (unpaired) electrons. The molecule has 4 heteroatoms. The Balaban J connectivity index is 1.82. The van der Waals surface area contributed by atoms with Crippen molar-refractivity contribution in [2.75, 3.05) is 31.5 Å². The van der Waals surface area contributed by atoms with Gasteiger partial charge in [-0.1, -0.05) is 6.92 Å². The second-order valence-corrected chi connectivity index (χ2v) is 5.70. The third-order valence-corrected chi connectivity index (χ3v) is 3.98. The standard InChI is InChI=1S/C17H27N3O/c1-3-11-20-12-9-16(10-13-20)19-15-7-5-14(6-8-15)17(21)18-4-2/h5-8,16,19H,3-4,9-13H2,1-2H3,(H,18,21). The summed E-state index contributed by atoms with van der Waals surface area (Å²) in [5.41, 5.74) is 1.83. The summed E-state index contributed by atoms with van der Waals surface area (Å²) in [7, 11) is 0. The Labute approximate surface area is 127 Å². The molecular formula is C17H27N3O. The predicted molar refractivity (Wildman–Crippen MR) is 87.8 cm³/mol. The van der Waals surface area contributed by atoms with E-state index in [0.717, 1.165) is 11.3 Å². The van der Waals surface area contributed by atoms with Crippen molar-refractivity contribution >= 4 is 11.6 Å². The fraction of sp³-hybridized carbons (Fsp3) is 0.588. The van der Waals surface area contributed by atoms with E-state index in [9.17, 15) is 4.79 Å². The summed E-state index contributed by atoms with van der Waals surface area (Å²) < 4.78 is 0. The van der Waals surface area contributed by atoms with Gasteiger partial charge in [0.1, 0.15) is 0 Å². The van der Waals surface area contributed by atoms with Crippen LogP contribution < -0.4 is 10.6 Å². The molecule has 0 aliphatic carbocycles. The van der Waals surface area contributed by atoms with E-state index >= 15 is 0 Å². The number of rotatable bonds is 6. The van der Waals surface area contributed by atoms with E-state index in [1.807, 2.05) is 31.2 Å². The molecule has 0 unspecified atom stereocenters. The van der Waals surface area contributed by atoms with Gasteiger partial charge in [-0.15, -0.1) is 0 Å². The average molecular weight is 289 g/mol. The molecule has 1 aromatic carbocycles. The molecule has 2 N–H and O–H groups in total. The molecule has 1 aliphatic rings. The molecule has 4 nitrogen and oxygen atoms in total. The van der Waals surface area contributed by atoms with Gasteiger partial charge in [0.2, 0.25) is 0 Å². The molecular weight excluding hydrogens is 262 g/mol. The lowest BCUT2D eigenvalue weighted by atomic mass is 10.0. The van der Waals surface area contributed by atoms with Crippen LogP contribution >= 0.6 is 0 Å². The first kappa shape index (κ1) is 15.8. The Morgan fingerprint density at radius 3 is 2.43 bits per heavy atom. The van der Waals surface area contributed by atoms with Crippen LogP contribution in [0.1, 0.15) is 43.5 Å². The number of nitrogens with one attached hydrogen (secondary N) is 2. The van der Waals surface area contributed by atoms with Crippen molar-refractivity contribution in [3.05, 3.63) is 29.8 Å². The van der Waals surface area contributed by atoms with Crippen molar-refractivity contribution < 1.29 is 4.79 Å². The van der Waals surface area contributed by atoms with Crippen LogP contribution in [0.3, 0.4) is 0 Å². The van der Waals surface area contributed by atoms with E-state index in [0.29, 0.717) is 12.6 Å². The van der Waals surface area contributed by atoms with E-state index in [-0.39, 0.29) is 5.91 Å². The van der Waals surface area contributed by atoms with E-state index < -0.39 is 0 Å². The van der Waals surface area contributed by atoms with Gasteiger partial charge in [-0.25, -0.2) is 0 Å². The Morgan fingerprint density at radius 2 is 1.86 bits per heavy atom. The van der Waals surface area contributed by atoms with Crippen molar-refractivity contribution in [1.82, 2.24) is 10.2 Å². The lowest BCUT2D eigenvalue weighted by Crippen LogP contribution is -2.39. The van der Waals surface area contributed by atoms with Crippen molar-refractivity contribution in [3.8, 4) is 0 Å². The van der Waals surface area contributed by atoms with Crippen LogP contribution in [-0.4, -0.2) is 43.0 Å². The number of hydrogen-bond donors (Lipinski definition) is 2. The van der Waals surface area contributed by atoms with Crippen molar-refractivity contribution in [3.63, 3.8) is 0 Å². The Kier molecular flexibility index (Phi) is 6.05. The first-order valence-corrected chi connectivity index (χ1v) is 8.10. The first-order valence-electron chi connectivity index (χ1n) is 8.10. The van der Waals surface area contributed by atoms with Crippen LogP contribution in [0.15, 0.2) is 24.3 Å². The molecule has 1 amide bonds. The largest absolute Gasteiger partial charge is 0.382 e. The third-order valence-electron chi connectivity index (χ3n) is 3.98. The van der Waals surface area contributed by atoms with Gasteiger partial charge in [0.15, 0.2) is 0 Å². The Bertz CT molecular complexity index is 436. The second kappa shape index (κ2) is 8.03. The van der Waals surface area contributed by atoms with Gasteiger partial charge in [0, 0.05) is 36.9 Å². The number of likely N-dealkylation sites (tertiary alicyclic amines) is 1. The van der Waals surface area contributed by atoms with Crippen LogP contribution in [0.5, 0.6) is 0 Å². The predicted octanol–water partition coefficient (Wildman–Crippen LogP) is 2.72. The summed E-state index contributed by atoms with van der Waals surface area (Å²) in [4.78, 5) is 14.2. The second-order valence-electron chi connectivity index (χ2n) is 5.70. The quantitative estimate of drug-likeness (QED) is 0.846. The minimum atomic E-state index is -0.00285. The number of amides is 1. The number of nitrogens with zero attached hydrogens (tertiary/aromatic N) is 1. The number of hydrogen-bond acceptors (Lipinski definition) is 3. The van der Waals surface area contributed by atoms with Crippen molar-refractivity contribution in [1.29, 1.82) is 0 Å². The van der Waals surface area contributed by atoms with Gasteiger partial charge in [-0.05, 0) is 57.0 Å². The maximum atomic E-state index is 11.7. The molecule has 1 aliphatic heterocycles. The highest BCUT2D eigenvalue weighted by atomic mass is 16.1. The smallest absolute Gasteiger partial charge is 0.251 e.